The zero-order valence-corrected chi connectivity index (χ0v) is 9.88. The summed E-state index contributed by atoms with van der Waals surface area (Å²) >= 11 is 0. The molecule has 1 heterocycles. The average molecular weight is 252 g/mol. The summed E-state index contributed by atoms with van der Waals surface area (Å²) in [7, 11) is 0. The van der Waals surface area contributed by atoms with E-state index < -0.39 is 11.6 Å². The second-order valence-corrected chi connectivity index (χ2v) is 5.09. The summed E-state index contributed by atoms with van der Waals surface area (Å²) in [5.41, 5.74) is 0.157. The molecular weight excluding hydrogens is 238 g/mol. The predicted octanol–water partition coefficient (Wildman–Crippen LogP) is 1.54. The molecule has 2 fully saturated rings. The van der Waals surface area contributed by atoms with Gasteiger partial charge in [0.25, 0.3) is 5.91 Å². The monoisotopic (exact) mass is 252 g/mol. The summed E-state index contributed by atoms with van der Waals surface area (Å²) in [6.07, 6.45) is 2.13. The molecule has 0 unspecified atom stereocenters. The molecule has 0 radical (unpaired) electrons. The Balaban J connectivity index is 1.81. The number of hydrogen-bond acceptors (Lipinski definition) is 2. The maximum Gasteiger partial charge on any atom is 0.254 e. The van der Waals surface area contributed by atoms with E-state index in [2.05, 4.69) is 5.32 Å². The zero-order chi connectivity index (χ0) is 12.8. The van der Waals surface area contributed by atoms with Crippen LogP contribution in [0.3, 0.4) is 0 Å². The molecular formula is C13H14F2N2O. The van der Waals surface area contributed by atoms with Crippen molar-refractivity contribution in [1.82, 2.24) is 10.2 Å². The van der Waals surface area contributed by atoms with Crippen LogP contribution in [-0.2, 0) is 0 Å². The third-order valence-corrected chi connectivity index (χ3v) is 3.63. The molecule has 3 rings (SSSR count). The molecule has 1 aromatic carbocycles. The van der Waals surface area contributed by atoms with Gasteiger partial charge in [0.15, 0.2) is 0 Å². The van der Waals surface area contributed by atoms with Crippen molar-refractivity contribution in [2.45, 2.75) is 18.4 Å². The van der Waals surface area contributed by atoms with Crippen molar-refractivity contribution in [2.24, 2.45) is 0 Å². The fraction of sp³-hybridized carbons (Fsp3) is 0.462. The van der Waals surface area contributed by atoms with Crippen molar-refractivity contribution in [2.75, 3.05) is 19.6 Å². The summed E-state index contributed by atoms with van der Waals surface area (Å²) in [6.45, 7) is 1.95. The van der Waals surface area contributed by atoms with Crippen LogP contribution < -0.4 is 5.32 Å². The molecule has 96 valence electrons. The first-order valence-corrected chi connectivity index (χ1v) is 6.08. The van der Waals surface area contributed by atoms with Gasteiger partial charge in [0, 0.05) is 36.8 Å². The van der Waals surface area contributed by atoms with Crippen LogP contribution in [0.25, 0.3) is 0 Å². The molecule has 0 aromatic heterocycles. The van der Waals surface area contributed by atoms with Crippen LogP contribution in [0.1, 0.15) is 23.2 Å². The van der Waals surface area contributed by atoms with Crippen LogP contribution in [0.5, 0.6) is 0 Å². The number of carbonyl (C=O) groups is 1. The minimum Gasteiger partial charge on any atom is -0.336 e. The lowest BCUT2D eigenvalue weighted by atomic mass is 10.1. The summed E-state index contributed by atoms with van der Waals surface area (Å²) in [6, 6.07) is 2.96. The first-order valence-electron chi connectivity index (χ1n) is 6.08. The standard InChI is InChI=1S/C13H14F2N2O/c14-10-5-9(6-11(15)7-10)12(18)17-4-3-16-13(8-17)1-2-13/h5-7,16H,1-4,8H2. The van der Waals surface area contributed by atoms with Crippen LogP contribution in [-0.4, -0.2) is 36.0 Å². The number of nitrogens with one attached hydrogen (secondary N) is 1. The van der Waals surface area contributed by atoms with E-state index in [1.54, 1.807) is 4.90 Å². The Kier molecular flexibility index (Phi) is 2.59. The highest BCUT2D eigenvalue weighted by atomic mass is 19.1. The Morgan fingerprint density at radius 1 is 1.22 bits per heavy atom. The van der Waals surface area contributed by atoms with E-state index in [1.165, 1.54) is 0 Å². The van der Waals surface area contributed by atoms with Crippen LogP contribution in [0.2, 0.25) is 0 Å². The molecule has 1 aliphatic carbocycles. The Bertz CT molecular complexity index is 480. The van der Waals surface area contributed by atoms with E-state index in [4.69, 9.17) is 0 Å². The van der Waals surface area contributed by atoms with Crippen molar-refractivity contribution in [3.05, 3.63) is 35.4 Å². The summed E-state index contributed by atoms with van der Waals surface area (Å²) in [5.74, 6) is -1.72. The molecule has 1 aliphatic heterocycles. The van der Waals surface area contributed by atoms with Gasteiger partial charge in [-0.2, -0.15) is 0 Å². The quantitative estimate of drug-likeness (QED) is 0.822. The molecule has 1 saturated carbocycles. The van der Waals surface area contributed by atoms with Crippen molar-refractivity contribution >= 4 is 5.91 Å². The highest BCUT2D eigenvalue weighted by Gasteiger charge is 2.46. The average Bonchev–Trinajstić information content (AvgIpc) is 3.06. The second kappa shape index (κ2) is 4.02. The minimum atomic E-state index is -0.713. The van der Waals surface area contributed by atoms with E-state index >= 15 is 0 Å². The van der Waals surface area contributed by atoms with E-state index in [0.29, 0.717) is 13.1 Å². The largest absolute Gasteiger partial charge is 0.336 e. The van der Waals surface area contributed by atoms with Gasteiger partial charge in [-0.15, -0.1) is 0 Å². The summed E-state index contributed by atoms with van der Waals surface area (Å²) < 4.78 is 26.2. The number of carbonyl (C=O) groups excluding carboxylic acids is 1. The lowest BCUT2D eigenvalue weighted by Crippen LogP contribution is -2.54. The van der Waals surface area contributed by atoms with Crippen molar-refractivity contribution in [3.8, 4) is 0 Å². The smallest absolute Gasteiger partial charge is 0.254 e. The molecule has 0 bridgehead atoms. The lowest BCUT2D eigenvalue weighted by molar-refractivity contribution is 0.0690. The molecule has 1 aromatic rings. The van der Waals surface area contributed by atoms with Gasteiger partial charge in [-0.25, -0.2) is 8.78 Å². The first kappa shape index (κ1) is 11.6. The van der Waals surface area contributed by atoms with Gasteiger partial charge in [0.05, 0.1) is 0 Å². The fourth-order valence-corrected chi connectivity index (χ4v) is 2.48. The maximum absolute atomic E-state index is 13.1. The van der Waals surface area contributed by atoms with Crippen molar-refractivity contribution in [3.63, 3.8) is 0 Å². The zero-order valence-electron chi connectivity index (χ0n) is 9.88. The SMILES string of the molecule is O=C(c1cc(F)cc(F)c1)N1CCNC2(CC2)C1. The number of halogens is 2. The molecule has 1 amide bonds. The lowest BCUT2D eigenvalue weighted by Gasteiger charge is -2.34. The van der Waals surface area contributed by atoms with Crippen molar-refractivity contribution < 1.29 is 13.6 Å². The minimum absolute atomic E-state index is 0.0692. The predicted molar refractivity (Wildman–Crippen MR) is 62.2 cm³/mol. The second-order valence-electron chi connectivity index (χ2n) is 5.09. The van der Waals surface area contributed by atoms with Gasteiger partial charge in [-0.3, -0.25) is 4.79 Å². The van der Waals surface area contributed by atoms with Crippen molar-refractivity contribution in [1.29, 1.82) is 0 Å². The van der Waals surface area contributed by atoms with E-state index in [1.807, 2.05) is 0 Å². The number of piperazine rings is 1. The molecule has 0 atom stereocenters. The van der Waals surface area contributed by atoms with Gasteiger partial charge >= 0.3 is 0 Å². The topological polar surface area (TPSA) is 32.3 Å². The Hall–Kier alpha value is -1.49. The molecule has 3 nitrogen and oxygen atoms in total. The third-order valence-electron chi connectivity index (χ3n) is 3.63. The summed E-state index contributed by atoms with van der Waals surface area (Å²) in [5, 5.41) is 3.39. The van der Waals surface area contributed by atoms with Crippen LogP contribution in [0.15, 0.2) is 18.2 Å². The maximum atomic E-state index is 13.1. The van der Waals surface area contributed by atoms with Gasteiger partial charge < -0.3 is 10.2 Å². The Labute approximate surface area is 104 Å². The third kappa shape index (κ3) is 2.10. The first-order chi connectivity index (χ1) is 8.58. The number of amides is 1. The molecule has 1 saturated heterocycles. The Morgan fingerprint density at radius 3 is 2.50 bits per heavy atom. The molecule has 1 N–H and O–H groups in total. The highest BCUT2D eigenvalue weighted by Crippen LogP contribution is 2.37. The normalized spacial score (nSPS) is 21.1. The van der Waals surface area contributed by atoms with Crippen LogP contribution in [0, 0.1) is 11.6 Å². The number of hydrogen-bond donors (Lipinski definition) is 1. The van der Waals surface area contributed by atoms with Crippen LogP contribution in [0.4, 0.5) is 8.78 Å². The fourth-order valence-electron chi connectivity index (χ4n) is 2.48. The van der Waals surface area contributed by atoms with E-state index in [0.717, 1.165) is 37.6 Å². The molecule has 18 heavy (non-hydrogen) atoms. The van der Waals surface area contributed by atoms with E-state index in [-0.39, 0.29) is 17.0 Å². The molecule has 1 spiro atoms. The Morgan fingerprint density at radius 2 is 1.89 bits per heavy atom. The van der Waals surface area contributed by atoms with Gasteiger partial charge in [-0.1, -0.05) is 0 Å². The number of rotatable bonds is 1. The van der Waals surface area contributed by atoms with Gasteiger partial charge in [0.1, 0.15) is 11.6 Å². The van der Waals surface area contributed by atoms with E-state index in [9.17, 15) is 13.6 Å². The number of nitrogens with zero attached hydrogens (tertiary/aromatic N) is 1. The number of benzene rings is 1. The van der Waals surface area contributed by atoms with Gasteiger partial charge in [0.2, 0.25) is 0 Å². The molecule has 2 aliphatic rings. The summed E-state index contributed by atoms with van der Waals surface area (Å²) in [4.78, 5) is 13.9. The van der Waals surface area contributed by atoms with Gasteiger partial charge in [-0.05, 0) is 25.0 Å². The van der Waals surface area contributed by atoms with Crippen LogP contribution >= 0.6 is 0 Å². The highest BCUT2D eigenvalue weighted by molar-refractivity contribution is 5.94. The molecule has 5 heteroatoms.